The molecule has 1 unspecified atom stereocenters. The van der Waals surface area contributed by atoms with E-state index < -0.39 is 12.2 Å². The van der Waals surface area contributed by atoms with Crippen molar-refractivity contribution in [2.75, 3.05) is 19.6 Å². The molecule has 1 aliphatic heterocycles. The molecule has 2 rings (SSSR count). The van der Waals surface area contributed by atoms with Crippen LogP contribution in [-0.4, -0.2) is 47.9 Å². The van der Waals surface area contributed by atoms with E-state index in [1.165, 1.54) is 12.8 Å². The van der Waals surface area contributed by atoms with Gasteiger partial charge in [0.2, 0.25) is 0 Å². The van der Waals surface area contributed by atoms with Crippen molar-refractivity contribution in [3.05, 3.63) is 36.6 Å². The standard InChI is InChI=1S/C17H26N2O3/c1-13(2)22-17(21)18-15(12-19-10-6-7-11-19)16(20)14-8-4-3-5-9-14/h3-5,8,14-16,20H,1,6-7,9-12H2,2H3,(H,18,21)/t14?,15-,16-/m1/s1. The predicted octanol–water partition coefficient (Wildman–Crippen LogP) is 2.20. The topological polar surface area (TPSA) is 61.8 Å². The maximum absolute atomic E-state index is 11.9. The number of hydrogen-bond donors (Lipinski definition) is 2. The molecule has 122 valence electrons. The van der Waals surface area contributed by atoms with E-state index in [2.05, 4.69) is 16.8 Å². The van der Waals surface area contributed by atoms with Crippen molar-refractivity contribution in [2.24, 2.45) is 5.92 Å². The first-order valence-electron chi connectivity index (χ1n) is 7.94. The molecule has 1 fully saturated rings. The summed E-state index contributed by atoms with van der Waals surface area (Å²) in [6.07, 6.45) is 9.88. The molecule has 0 aromatic heterocycles. The van der Waals surface area contributed by atoms with Crippen LogP contribution in [0.3, 0.4) is 0 Å². The van der Waals surface area contributed by atoms with E-state index in [0.29, 0.717) is 12.3 Å². The molecule has 0 bridgehead atoms. The van der Waals surface area contributed by atoms with E-state index >= 15 is 0 Å². The number of carbonyl (C=O) groups is 1. The second-order valence-electron chi connectivity index (χ2n) is 6.05. The molecule has 1 saturated heterocycles. The number of aliphatic hydroxyl groups excluding tert-OH is 1. The summed E-state index contributed by atoms with van der Waals surface area (Å²) >= 11 is 0. The van der Waals surface area contributed by atoms with Gasteiger partial charge in [0.15, 0.2) is 0 Å². The molecule has 0 radical (unpaired) electrons. The molecular formula is C17H26N2O3. The van der Waals surface area contributed by atoms with Gasteiger partial charge in [0.25, 0.3) is 0 Å². The van der Waals surface area contributed by atoms with Gasteiger partial charge in [0.1, 0.15) is 0 Å². The minimum Gasteiger partial charge on any atom is -0.416 e. The summed E-state index contributed by atoms with van der Waals surface area (Å²) in [6, 6.07) is -0.355. The first kappa shape index (κ1) is 16.8. The lowest BCUT2D eigenvalue weighted by Gasteiger charge is -2.31. The fourth-order valence-corrected chi connectivity index (χ4v) is 2.97. The lowest BCUT2D eigenvalue weighted by Crippen LogP contribution is -2.52. The van der Waals surface area contributed by atoms with Gasteiger partial charge in [-0.15, -0.1) is 0 Å². The number of likely N-dealkylation sites (tertiary alicyclic amines) is 1. The SMILES string of the molecule is C=C(C)OC(=O)N[C@H](CN1CCCC1)[C@H](O)C1C=CC=CC1. The molecule has 0 saturated carbocycles. The summed E-state index contributed by atoms with van der Waals surface area (Å²) in [4.78, 5) is 14.1. The fraction of sp³-hybridized carbons (Fsp3) is 0.588. The zero-order valence-corrected chi connectivity index (χ0v) is 13.2. The van der Waals surface area contributed by atoms with Gasteiger partial charge >= 0.3 is 6.09 Å². The first-order valence-corrected chi connectivity index (χ1v) is 7.94. The van der Waals surface area contributed by atoms with Crippen LogP contribution in [0.1, 0.15) is 26.2 Å². The van der Waals surface area contributed by atoms with Crippen LogP contribution in [0, 0.1) is 5.92 Å². The Kier molecular flexibility index (Phi) is 6.21. The number of aliphatic hydroxyl groups is 1. The molecule has 1 heterocycles. The highest BCUT2D eigenvalue weighted by Gasteiger charge is 2.30. The van der Waals surface area contributed by atoms with Gasteiger partial charge in [-0.3, -0.25) is 0 Å². The highest BCUT2D eigenvalue weighted by molar-refractivity contribution is 5.68. The van der Waals surface area contributed by atoms with E-state index in [1.807, 2.05) is 24.3 Å². The molecule has 5 nitrogen and oxygen atoms in total. The van der Waals surface area contributed by atoms with Crippen molar-refractivity contribution in [2.45, 2.75) is 38.3 Å². The maximum atomic E-state index is 11.9. The van der Waals surface area contributed by atoms with Crippen LogP contribution in [0.15, 0.2) is 36.6 Å². The molecule has 2 N–H and O–H groups in total. The summed E-state index contributed by atoms with van der Waals surface area (Å²) in [7, 11) is 0. The van der Waals surface area contributed by atoms with E-state index in [9.17, 15) is 9.90 Å². The number of hydrogen-bond acceptors (Lipinski definition) is 4. The van der Waals surface area contributed by atoms with E-state index in [1.54, 1.807) is 6.92 Å². The first-order chi connectivity index (χ1) is 10.6. The van der Waals surface area contributed by atoms with Crippen LogP contribution < -0.4 is 5.32 Å². The molecule has 0 aromatic carbocycles. The minimum absolute atomic E-state index is 0.0164. The van der Waals surface area contributed by atoms with Gasteiger partial charge in [0.05, 0.1) is 17.9 Å². The van der Waals surface area contributed by atoms with Gasteiger partial charge in [-0.1, -0.05) is 30.9 Å². The Morgan fingerprint density at radius 1 is 1.45 bits per heavy atom. The van der Waals surface area contributed by atoms with Crippen LogP contribution >= 0.6 is 0 Å². The number of ether oxygens (including phenoxy) is 1. The van der Waals surface area contributed by atoms with Crippen molar-refractivity contribution < 1.29 is 14.6 Å². The molecule has 1 amide bonds. The van der Waals surface area contributed by atoms with Crippen molar-refractivity contribution >= 4 is 6.09 Å². The van der Waals surface area contributed by atoms with Gasteiger partial charge in [0, 0.05) is 12.5 Å². The van der Waals surface area contributed by atoms with Crippen molar-refractivity contribution in [1.29, 1.82) is 0 Å². The van der Waals surface area contributed by atoms with Crippen LogP contribution in [0.25, 0.3) is 0 Å². The second-order valence-corrected chi connectivity index (χ2v) is 6.05. The normalized spacial score (nSPS) is 24.0. The Labute approximate surface area is 132 Å². The molecule has 0 spiro atoms. The smallest absolute Gasteiger partial charge is 0.412 e. The highest BCUT2D eigenvalue weighted by Crippen LogP contribution is 2.20. The Morgan fingerprint density at radius 2 is 2.18 bits per heavy atom. The predicted molar refractivity (Wildman–Crippen MR) is 86.3 cm³/mol. The Bertz CT molecular complexity index is 453. The average Bonchev–Trinajstić information content (AvgIpc) is 2.99. The van der Waals surface area contributed by atoms with Crippen molar-refractivity contribution in [3.8, 4) is 0 Å². The van der Waals surface area contributed by atoms with Gasteiger partial charge in [-0.05, 0) is 39.3 Å². The fourth-order valence-electron chi connectivity index (χ4n) is 2.97. The summed E-state index contributed by atoms with van der Waals surface area (Å²) < 4.78 is 4.98. The van der Waals surface area contributed by atoms with E-state index in [0.717, 1.165) is 19.5 Å². The zero-order chi connectivity index (χ0) is 15.9. The molecular weight excluding hydrogens is 280 g/mol. The van der Waals surface area contributed by atoms with Crippen molar-refractivity contribution in [1.82, 2.24) is 10.2 Å². The van der Waals surface area contributed by atoms with Crippen LogP contribution in [-0.2, 0) is 4.74 Å². The number of carbonyl (C=O) groups excluding carboxylic acids is 1. The summed E-state index contributed by atoms with van der Waals surface area (Å²) in [5.74, 6) is 0.357. The zero-order valence-electron chi connectivity index (χ0n) is 13.2. The number of nitrogens with zero attached hydrogens (tertiary/aromatic N) is 1. The quantitative estimate of drug-likeness (QED) is 0.739. The molecule has 1 aliphatic carbocycles. The van der Waals surface area contributed by atoms with Crippen LogP contribution in [0.2, 0.25) is 0 Å². The molecule has 3 atom stereocenters. The third kappa shape index (κ3) is 5.00. The average molecular weight is 306 g/mol. The Morgan fingerprint density at radius 3 is 2.77 bits per heavy atom. The largest absolute Gasteiger partial charge is 0.416 e. The van der Waals surface area contributed by atoms with Gasteiger partial charge in [-0.25, -0.2) is 4.79 Å². The summed E-state index contributed by atoms with van der Waals surface area (Å²) in [5, 5.41) is 13.5. The maximum Gasteiger partial charge on any atom is 0.412 e. The van der Waals surface area contributed by atoms with E-state index in [4.69, 9.17) is 4.74 Å². The minimum atomic E-state index is -0.639. The molecule has 0 aromatic rings. The molecule has 2 aliphatic rings. The van der Waals surface area contributed by atoms with Crippen LogP contribution in [0.4, 0.5) is 4.79 Å². The number of alkyl carbamates (subject to hydrolysis) is 1. The Hall–Kier alpha value is -1.59. The Balaban J connectivity index is 1.98. The summed E-state index contributed by atoms with van der Waals surface area (Å²) in [6.45, 7) is 7.86. The van der Waals surface area contributed by atoms with Crippen molar-refractivity contribution in [3.63, 3.8) is 0 Å². The number of amides is 1. The van der Waals surface area contributed by atoms with E-state index in [-0.39, 0.29) is 12.0 Å². The summed E-state index contributed by atoms with van der Waals surface area (Å²) in [5.41, 5.74) is 0. The van der Waals surface area contributed by atoms with Gasteiger partial charge in [-0.2, -0.15) is 0 Å². The highest BCUT2D eigenvalue weighted by atomic mass is 16.6. The third-order valence-electron chi connectivity index (χ3n) is 4.09. The monoisotopic (exact) mass is 306 g/mol. The molecule has 22 heavy (non-hydrogen) atoms. The number of allylic oxidation sites excluding steroid dienone is 4. The van der Waals surface area contributed by atoms with Crippen LogP contribution in [0.5, 0.6) is 0 Å². The lowest BCUT2D eigenvalue weighted by molar-refractivity contribution is 0.0689. The number of rotatable bonds is 6. The third-order valence-corrected chi connectivity index (χ3v) is 4.09. The molecule has 5 heteroatoms. The van der Waals surface area contributed by atoms with Gasteiger partial charge < -0.3 is 20.1 Å². The number of nitrogens with one attached hydrogen (secondary N) is 1. The second kappa shape index (κ2) is 8.15. The lowest BCUT2D eigenvalue weighted by atomic mass is 9.90.